The monoisotopic (exact) mass is 194 g/mol. The largest absolute Gasteiger partial charge is 0.218 e. The molecule has 1 N–H and O–H groups in total. The van der Waals surface area contributed by atoms with E-state index in [-0.39, 0.29) is 12.4 Å². The lowest BCUT2D eigenvalue weighted by atomic mass is 10.5. The smallest absolute Gasteiger partial charge is 0.168 e. The Kier molecular flexibility index (Phi) is 3.83. The third-order valence-corrected chi connectivity index (χ3v) is 1.21. The quantitative estimate of drug-likeness (QED) is 0.598. The van der Waals surface area contributed by atoms with Crippen molar-refractivity contribution in [1.82, 2.24) is 0 Å². The number of aromatic amines is 1. The van der Waals surface area contributed by atoms with E-state index in [0.717, 1.165) is 4.47 Å². The molecule has 0 aromatic carbocycles. The Balaban J connectivity index is 0.000000490. The van der Waals surface area contributed by atoms with Crippen LogP contribution < -0.4 is 4.98 Å². The molecular formula is C5H6BrClN+. The van der Waals surface area contributed by atoms with Crippen LogP contribution in [0.15, 0.2) is 29.0 Å². The van der Waals surface area contributed by atoms with Crippen LogP contribution in [0.5, 0.6) is 0 Å². The van der Waals surface area contributed by atoms with E-state index in [9.17, 15) is 0 Å². The summed E-state index contributed by atoms with van der Waals surface area (Å²) in [5, 5.41) is 0. The predicted molar refractivity (Wildman–Crippen MR) is 37.9 cm³/mol. The summed E-state index contributed by atoms with van der Waals surface area (Å²) < 4.78 is 1.10. The van der Waals surface area contributed by atoms with Crippen LogP contribution in [-0.2, 0) is 0 Å². The molecule has 3 heteroatoms. The van der Waals surface area contributed by atoms with Crippen molar-refractivity contribution >= 4 is 28.3 Å². The van der Waals surface area contributed by atoms with E-state index in [1.807, 2.05) is 24.5 Å². The molecular weight excluding hydrogens is 189 g/mol. The van der Waals surface area contributed by atoms with Gasteiger partial charge < -0.3 is 0 Å². The van der Waals surface area contributed by atoms with Crippen molar-refractivity contribution < 1.29 is 4.98 Å². The van der Waals surface area contributed by atoms with Gasteiger partial charge in [0.1, 0.15) is 0 Å². The highest BCUT2D eigenvalue weighted by molar-refractivity contribution is 9.10. The first kappa shape index (κ1) is 7.92. The summed E-state index contributed by atoms with van der Waals surface area (Å²) in [7, 11) is 0. The fraction of sp³-hybridized carbons (Fsp3) is 0. The van der Waals surface area contributed by atoms with Gasteiger partial charge in [0.05, 0.1) is 0 Å². The van der Waals surface area contributed by atoms with E-state index in [0.29, 0.717) is 0 Å². The maximum Gasteiger partial charge on any atom is 0.168 e. The summed E-state index contributed by atoms with van der Waals surface area (Å²) in [6.45, 7) is 0. The Morgan fingerprint density at radius 3 is 2.00 bits per heavy atom. The molecule has 1 rings (SSSR count). The molecule has 0 radical (unpaired) electrons. The molecule has 1 aromatic heterocycles. The number of halogens is 2. The van der Waals surface area contributed by atoms with Gasteiger partial charge in [0.15, 0.2) is 12.4 Å². The van der Waals surface area contributed by atoms with Gasteiger partial charge in [-0.3, -0.25) is 0 Å². The lowest BCUT2D eigenvalue weighted by Crippen LogP contribution is -1.94. The van der Waals surface area contributed by atoms with E-state index < -0.39 is 0 Å². The highest BCUT2D eigenvalue weighted by Gasteiger charge is 1.80. The molecule has 0 aliphatic carbocycles. The number of nitrogens with one attached hydrogen (secondary N) is 1. The maximum atomic E-state index is 3.29. The average Bonchev–Trinajstić information content (AvgIpc) is 1.69. The van der Waals surface area contributed by atoms with Crippen LogP contribution in [0, 0.1) is 0 Å². The van der Waals surface area contributed by atoms with Crippen LogP contribution >= 0.6 is 28.3 Å². The molecule has 0 aliphatic rings. The van der Waals surface area contributed by atoms with Crippen molar-refractivity contribution in [3.8, 4) is 0 Å². The lowest BCUT2D eigenvalue weighted by molar-refractivity contribution is -0.378. The van der Waals surface area contributed by atoms with Gasteiger partial charge in [-0.1, -0.05) is 15.9 Å². The first-order valence-corrected chi connectivity index (χ1v) is 2.80. The molecule has 0 spiro atoms. The minimum Gasteiger partial charge on any atom is -0.218 e. The molecule has 0 amide bonds. The SMILES string of the molecule is Brc1cc[nH+]cc1.Cl. The third-order valence-electron chi connectivity index (χ3n) is 0.678. The Bertz CT molecular complexity index is 142. The van der Waals surface area contributed by atoms with E-state index in [1.165, 1.54) is 0 Å². The Morgan fingerprint density at radius 1 is 1.25 bits per heavy atom. The van der Waals surface area contributed by atoms with Gasteiger partial charge in [0, 0.05) is 16.6 Å². The minimum atomic E-state index is 0. The number of rotatable bonds is 0. The zero-order valence-corrected chi connectivity index (χ0v) is 6.50. The number of hydrogen-bond acceptors (Lipinski definition) is 0. The van der Waals surface area contributed by atoms with Crippen LogP contribution in [0.25, 0.3) is 0 Å². The second-order valence-electron chi connectivity index (χ2n) is 1.22. The van der Waals surface area contributed by atoms with E-state index in [1.54, 1.807) is 0 Å². The van der Waals surface area contributed by atoms with Gasteiger partial charge in [-0.2, -0.15) is 0 Å². The van der Waals surface area contributed by atoms with Gasteiger partial charge in [-0.15, -0.1) is 12.4 Å². The van der Waals surface area contributed by atoms with Crippen molar-refractivity contribution in [3.05, 3.63) is 29.0 Å². The number of hydrogen-bond donors (Lipinski definition) is 0. The normalized spacial score (nSPS) is 7.62. The molecule has 0 atom stereocenters. The molecule has 0 saturated carbocycles. The summed E-state index contributed by atoms with van der Waals surface area (Å²) in [5.74, 6) is 0. The minimum absolute atomic E-state index is 0. The Hall–Kier alpha value is -0.0800. The number of aromatic nitrogens is 1. The van der Waals surface area contributed by atoms with Gasteiger partial charge in [0.2, 0.25) is 0 Å². The fourth-order valence-electron chi connectivity index (χ4n) is 0.367. The molecule has 1 heterocycles. The fourth-order valence-corrected chi connectivity index (χ4v) is 0.631. The molecule has 0 saturated heterocycles. The molecule has 8 heavy (non-hydrogen) atoms. The van der Waals surface area contributed by atoms with Gasteiger partial charge in [-0.25, -0.2) is 4.98 Å². The van der Waals surface area contributed by atoms with Crippen molar-refractivity contribution in [2.45, 2.75) is 0 Å². The van der Waals surface area contributed by atoms with Gasteiger partial charge in [-0.05, 0) is 0 Å². The van der Waals surface area contributed by atoms with Gasteiger partial charge in [0.25, 0.3) is 0 Å². The van der Waals surface area contributed by atoms with Crippen LogP contribution in [0.3, 0.4) is 0 Å². The van der Waals surface area contributed by atoms with Crippen LogP contribution in [0.4, 0.5) is 0 Å². The molecule has 0 fully saturated rings. The summed E-state index contributed by atoms with van der Waals surface area (Å²) in [5.41, 5.74) is 0. The van der Waals surface area contributed by atoms with E-state index in [2.05, 4.69) is 20.9 Å². The Labute approximate surface area is 62.7 Å². The zero-order chi connectivity index (χ0) is 5.11. The van der Waals surface area contributed by atoms with Crippen LogP contribution in [-0.4, -0.2) is 0 Å². The number of pyridine rings is 1. The maximum absolute atomic E-state index is 3.29. The van der Waals surface area contributed by atoms with E-state index in [4.69, 9.17) is 0 Å². The van der Waals surface area contributed by atoms with Gasteiger partial charge >= 0.3 is 0 Å². The molecule has 1 nitrogen and oxygen atoms in total. The topological polar surface area (TPSA) is 14.1 Å². The lowest BCUT2D eigenvalue weighted by Gasteiger charge is -1.75. The molecule has 0 bridgehead atoms. The highest BCUT2D eigenvalue weighted by Crippen LogP contribution is 2.02. The second-order valence-corrected chi connectivity index (χ2v) is 2.13. The summed E-state index contributed by atoms with van der Waals surface area (Å²) in [4.78, 5) is 2.90. The summed E-state index contributed by atoms with van der Waals surface area (Å²) in [6.07, 6.45) is 3.73. The molecule has 44 valence electrons. The highest BCUT2D eigenvalue weighted by atomic mass is 79.9. The first-order chi connectivity index (χ1) is 3.39. The standard InChI is InChI=1S/C5H4BrN.ClH/c6-5-1-3-7-4-2-5;/h1-4H;1H/p+1. The average molecular weight is 195 g/mol. The Morgan fingerprint density at radius 2 is 1.75 bits per heavy atom. The van der Waals surface area contributed by atoms with Crippen molar-refractivity contribution in [3.63, 3.8) is 0 Å². The number of H-pyrrole nitrogens is 1. The molecule has 1 aromatic rings. The second kappa shape index (κ2) is 3.87. The van der Waals surface area contributed by atoms with Crippen LogP contribution in [0.1, 0.15) is 0 Å². The molecule has 0 unspecified atom stereocenters. The van der Waals surface area contributed by atoms with E-state index >= 15 is 0 Å². The molecule has 0 aliphatic heterocycles. The zero-order valence-electron chi connectivity index (χ0n) is 4.10. The summed E-state index contributed by atoms with van der Waals surface area (Å²) in [6, 6.07) is 3.89. The van der Waals surface area contributed by atoms with Crippen LogP contribution in [0.2, 0.25) is 0 Å². The first-order valence-electron chi connectivity index (χ1n) is 2.01. The third kappa shape index (κ3) is 2.28. The predicted octanol–water partition coefficient (Wildman–Crippen LogP) is 1.68. The van der Waals surface area contributed by atoms with Crippen molar-refractivity contribution in [2.24, 2.45) is 0 Å². The van der Waals surface area contributed by atoms with Crippen molar-refractivity contribution in [1.29, 1.82) is 0 Å². The van der Waals surface area contributed by atoms with Crippen molar-refractivity contribution in [2.75, 3.05) is 0 Å². The summed E-state index contributed by atoms with van der Waals surface area (Å²) >= 11 is 3.29.